The van der Waals surface area contributed by atoms with Gasteiger partial charge < -0.3 is 4.74 Å². The van der Waals surface area contributed by atoms with Gasteiger partial charge in [-0.3, -0.25) is 4.99 Å². The van der Waals surface area contributed by atoms with Gasteiger partial charge in [-0.05, 0) is 43.7 Å². The van der Waals surface area contributed by atoms with Gasteiger partial charge in [0, 0.05) is 6.21 Å². The third kappa shape index (κ3) is 6.94. The molecule has 0 atom stereocenters. The summed E-state index contributed by atoms with van der Waals surface area (Å²) in [6.45, 7) is 4.03. The molecule has 0 unspecified atom stereocenters. The maximum atomic E-state index is 12.6. The van der Waals surface area contributed by atoms with Crippen LogP contribution in [0.5, 0.6) is 0 Å². The largest absolute Gasteiger partial charge is 0.462 e. The first-order chi connectivity index (χ1) is 11.8. The van der Waals surface area contributed by atoms with Crippen LogP contribution < -0.4 is 0 Å². The zero-order chi connectivity index (χ0) is 18.9. The van der Waals surface area contributed by atoms with E-state index in [9.17, 15) is 18.0 Å². The first-order valence-corrected chi connectivity index (χ1v) is 9.21. The fourth-order valence-electron chi connectivity index (χ4n) is 2.01. The monoisotopic (exact) mass is 373 g/mol. The summed E-state index contributed by atoms with van der Waals surface area (Å²) in [5, 5.41) is 0. The summed E-state index contributed by atoms with van der Waals surface area (Å²) in [5.74, 6) is -0.425. The van der Waals surface area contributed by atoms with Crippen LogP contribution in [0.2, 0.25) is 0 Å². The Hall–Kier alpha value is -1.76. The average molecular weight is 373 g/mol. The molecule has 0 heterocycles. The summed E-state index contributed by atoms with van der Waals surface area (Å²) in [5.41, 5.74) is 0.418. The van der Waals surface area contributed by atoms with Crippen LogP contribution in [0.1, 0.15) is 44.2 Å². The van der Waals surface area contributed by atoms with Crippen molar-refractivity contribution in [2.75, 3.05) is 12.9 Å². The summed E-state index contributed by atoms with van der Waals surface area (Å²) in [7, 11) is 0. The minimum absolute atomic E-state index is 0.270. The molecule has 0 amide bonds. The molecule has 0 bridgehead atoms. The number of benzene rings is 1. The first kappa shape index (κ1) is 21.3. The summed E-state index contributed by atoms with van der Waals surface area (Å²) in [4.78, 5) is 16.8. The molecular weight excluding hydrogens is 351 g/mol. The Balaban J connectivity index is 3.08. The number of carbonyl (C=O) groups excluding carboxylic acids is 1. The number of alkyl halides is 3. The minimum Gasteiger partial charge on any atom is -0.462 e. The van der Waals surface area contributed by atoms with Gasteiger partial charge >= 0.3 is 12.1 Å². The van der Waals surface area contributed by atoms with E-state index in [4.69, 9.17) is 4.74 Å². The van der Waals surface area contributed by atoms with Crippen molar-refractivity contribution in [3.63, 3.8) is 0 Å². The standard InChI is InChI=1S/C18H22F3NO2S/c1-4-6-7-15(16(25-3)17(23)24-5-2)22-12-13-8-10-14(11-9-13)18(19,20)21/h8-12H,4-7H2,1-3H3/b16-15-,22-12?. The number of allylic oxidation sites excluding steroid dienone is 1. The van der Waals surface area contributed by atoms with Gasteiger partial charge in [-0.2, -0.15) is 13.2 Å². The quantitative estimate of drug-likeness (QED) is 0.345. The number of thioether (sulfide) groups is 1. The summed E-state index contributed by atoms with van der Waals surface area (Å²) >= 11 is 1.26. The summed E-state index contributed by atoms with van der Waals surface area (Å²) in [6.07, 6.45) is 1.26. The molecule has 0 aromatic heterocycles. The van der Waals surface area contributed by atoms with Gasteiger partial charge in [-0.1, -0.05) is 25.5 Å². The lowest BCUT2D eigenvalue weighted by molar-refractivity contribution is -0.138. The lowest BCUT2D eigenvalue weighted by Gasteiger charge is -2.09. The second kappa shape index (κ2) is 10.3. The Morgan fingerprint density at radius 2 is 1.88 bits per heavy atom. The van der Waals surface area contributed by atoms with Gasteiger partial charge in [-0.15, -0.1) is 11.8 Å². The molecule has 0 saturated heterocycles. The molecule has 1 aromatic rings. The molecule has 0 aliphatic heterocycles. The SMILES string of the molecule is CCCC/C(N=Cc1ccc(C(F)(F)F)cc1)=C(/SC)C(=O)OCC. The van der Waals surface area contributed by atoms with Gasteiger partial charge in [0.05, 0.1) is 17.9 Å². The van der Waals surface area contributed by atoms with Crippen LogP contribution in [-0.2, 0) is 15.7 Å². The molecule has 0 spiro atoms. The number of halogens is 3. The van der Waals surface area contributed by atoms with E-state index in [-0.39, 0.29) is 6.61 Å². The highest BCUT2D eigenvalue weighted by atomic mass is 32.2. The molecule has 0 radical (unpaired) electrons. The van der Waals surface area contributed by atoms with Crippen LogP contribution in [0.15, 0.2) is 39.9 Å². The molecule has 0 aliphatic rings. The number of esters is 1. The van der Waals surface area contributed by atoms with E-state index in [2.05, 4.69) is 4.99 Å². The normalized spacial score (nSPS) is 13.0. The van der Waals surface area contributed by atoms with Crippen LogP contribution in [0.25, 0.3) is 0 Å². The fourth-order valence-corrected chi connectivity index (χ4v) is 2.62. The topological polar surface area (TPSA) is 38.7 Å². The highest BCUT2D eigenvalue weighted by Gasteiger charge is 2.29. The van der Waals surface area contributed by atoms with Crippen LogP contribution in [0.4, 0.5) is 13.2 Å². The zero-order valence-electron chi connectivity index (χ0n) is 14.5. The molecule has 0 N–H and O–H groups in total. The number of unbranched alkanes of at least 4 members (excludes halogenated alkanes) is 1. The number of ether oxygens (including phenoxy) is 1. The van der Waals surface area contributed by atoms with Crippen molar-refractivity contribution in [2.45, 2.75) is 39.3 Å². The summed E-state index contributed by atoms with van der Waals surface area (Å²) < 4.78 is 42.8. The van der Waals surface area contributed by atoms with Crippen LogP contribution in [0.3, 0.4) is 0 Å². The number of rotatable bonds is 8. The zero-order valence-corrected chi connectivity index (χ0v) is 15.3. The molecule has 1 rings (SSSR count). The average Bonchev–Trinajstić information content (AvgIpc) is 2.57. The van der Waals surface area contributed by atoms with E-state index in [1.165, 1.54) is 30.1 Å². The van der Waals surface area contributed by atoms with E-state index < -0.39 is 17.7 Å². The van der Waals surface area contributed by atoms with Crippen LogP contribution in [0, 0.1) is 0 Å². The van der Waals surface area contributed by atoms with E-state index >= 15 is 0 Å². The number of carbonyl (C=O) groups is 1. The summed E-state index contributed by atoms with van der Waals surface area (Å²) in [6, 6.07) is 4.73. The second-order valence-corrected chi connectivity index (χ2v) is 6.00. The molecule has 138 valence electrons. The van der Waals surface area contributed by atoms with Crippen molar-refractivity contribution in [1.82, 2.24) is 0 Å². The van der Waals surface area contributed by atoms with Gasteiger partial charge in [-0.25, -0.2) is 4.79 Å². The third-order valence-electron chi connectivity index (χ3n) is 3.30. The van der Waals surface area contributed by atoms with Crippen molar-refractivity contribution >= 4 is 23.9 Å². The van der Waals surface area contributed by atoms with Crippen molar-refractivity contribution in [2.24, 2.45) is 4.99 Å². The fraction of sp³-hybridized carbons (Fsp3) is 0.444. The second-order valence-electron chi connectivity index (χ2n) is 5.18. The smallest absolute Gasteiger partial charge is 0.416 e. The minimum atomic E-state index is -4.36. The van der Waals surface area contributed by atoms with E-state index in [0.717, 1.165) is 25.0 Å². The highest BCUT2D eigenvalue weighted by Crippen LogP contribution is 2.29. The Morgan fingerprint density at radius 3 is 2.36 bits per heavy atom. The van der Waals surface area contributed by atoms with Gasteiger partial charge in [0.1, 0.15) is 4.91 Å². The maximum absolute atomic E-state index is 12.6. The van der Waals surface area contributed by atoms with Gasteiger partial charge in [0.2, 0.25) is 0 Å². The predicted molar refractivity (Wildman–Crippen MR) is 95.7 cm³/mol. The van der Waals surface area contributed by atoms with Crippen molar-refractivity contribution in [3.05, 3.63) is 46.0 Å². The molecule has 1 aromatic carbocycles. The lowest BCUT2D eigenvalue weighted by atomic mass is 10.1. The molecule has 3 nitrogen and oxygen atoms in total. The van der Waals surface area contributed by atoms with E-state index in [1.54, 1.807) is 13.2 Å². The number of hydrogen-bond acceptors (Lipinski definition) is 4. The van der Waals surface area contributed by atoms with Crippen molar-refractivity contribution in [1.29, 1.82) is 0 Å². The van der Waals surface area contributed by atoms with Gasteiger partial charge in [0.25, 0.3) is 0 Å². The Bertz CT molecular complexity index is 622. The molecule has 0 saturated carbocycles. The molecule has 7 heteroatoms. The Labute approximate surface area is 150 Å². The van der Waals surface area contributed by atoms with Crippen LogP contribution >= 0.6 is 11.8 Å². The Morgan fingerprint density at radius 1 is 1.24 bits per heavy atom. The van der Waals surface area contributed by atoms with Crippen molar-refractivity contribution < 1.29 is 22.7 Å². The molecule has 0 fully saturated rings. The highest BCUT2D eigenvalue weighted by molar-refractivity contribution is 8.03. The first-order valence-electron chi connectivity index (χ1n) is 7.99. The van der Waals surface area contributed by atoms with Gasteiger partial charge in [0.15, 0.2) is 0 Å². The maximum Gasteiger partial charge on any atom is 0.416 e. The lowest BCUT2D eigenvalue weighted by Crippen LogP contribution is -2.08. The van der Waals surface area contributed by atoms with Crippen molar-refractivity contribution in [3.8, 4) is 0 Å². The molecule has 0 aliphatic carbocycles. The van der Waals surface area contributed by atoms with E-state index in [0.29, 0.717) is 22.6 Å². The van der Waals surface area contributed by atoms with Crippen LogP contribution in [-0.4, -0.2) is 25.0 Å². The number of nitrogens with zero attached hydrogens (tertiary/aromatic N) is 1. The predicted octanol–water partition coefficient (Wildman–Crippen LogP) is 5.45. The molecule has 25 heavy (non-hydrogen) atoms. The third-order valence-corrected chi connectivity index (χ3v) is 4.11. The van der Waals surface area contributed by atoms with E-state index in [1.807, 2.05) is 6.92 Å². The number of aliphatic imine (C=N–C) groups is 1. The molecular formula is C18H22F3NO2S. The Kier molecular flexibility index (Phi) is 8.75. The number of hydrogen-bond donors (Lipinski definition) is 0.